The average Bonchev–Trinajstić information content (AvgIpc) is 2.64. The molecule has 0 saturated carbocycles. The van der Waals surface area contributed by atoms with E-state index in [0.717, 1.165) is 5.56 Å². The first-order valence-corrected chi connectivity index (χ1v) is 7.41. The topological polar surface area (TPSA) is 102 Å². The Kier molecular flexibility index (Phi) is 6.51. The third-order valence-electron chi connectivity index (χ3n) is 3.21. The van der Waals surface area contributed by atoms with Crippen LogP contribution >= 0.6 is 0 Å². The van der Waals surface area contributed by atoms with Crippen molar-refractivity contribution in [1.29, 1.82) is 0 Å². The van der Waals surface area contributed by atoms with Gasteiger partial charge in [-0.05, 0) is 17.7 Å². The van der Waals surface area contributed by atoms with Crippen LogP contribution in [-0.2, 0) is 18.0 Å². The summed E-state index contributed by atoms with van der Waals surface area (Å²) in [6, 6.07) is 13.5. The molecule has 2 N–H and O–H groups in total. The van der Waals surface area contributed by atoms with Gasteiger partial charge < -0.3 is 15.2 Å². The molecule has 0 atom stereocenters. The van der Waals surface area contributed by atoms with Crippen LogP contribution < -0.4 is 5.32 Å². The summed E-state index contributed by atoms with van der Waals surface area (Å²) in [6.45, 7) is -0.211. The molecule has 0 spiro atoms. The van der Waals surface area contributed by atoms with Gasteiger partial charge in [0.2, 0.25) is 0 Å². The van der Waals surface area contributed by atoms with Gasteiger partial charge in [-0.25, -0.2) is 4.79 Å². The van der Waals surface area contributed by atoms with Gasteiger partial charge in [-0.3, -0.25) is 10.1 Å². The number of alkyl carbamates (subject to hydrolysis) is 1. The van der Waals surface area contributed by atoms with Gasteiger partial charge in [0.15, 0.2) is 0 Å². The van der Waals surface area contributed by atoms with Crippen molar-refractivity contribution in [2.75, 3.05) is 6.54 Å². The number of aliphatic hydroxyl groups excluding tert-OH is 1. The molecule has 1 amide bonds. The van der Waals surface area contributed by atoms with E-state index in [0.29, 0.717) is 5.56 Å². The highest BCUT2D eigenvalue weighted by atomic mass is 16.6. The van der Waals surface area contributed by atoms with Crippen molar-refractivity contribution < 1.29 is 19.6 Å². The Morgan fingerprint density at radius 3 is 2.68 bits per heavy atom. The standard InChI is InChI=1S/C18H16N2O5/c21-12-16-11-14(8-9-17(16)20(23)24)7-4-10-19-18(22)25-13-15-5-2-1-3-6-15/h1-3,5-6,8-9,11,21H,10,12-13H2,(H,19,22). The first-order valence-electron chi connectivity index (χ1n) is 7.41. The lowest BCUT2D eigenvalue weighted by Crippen LogP contribution is -2.24. The monoisotopic (exact) mass is 340 g/mol. The molecule has 0 radical (unpaired) electrons. The summed E-state index contributed by atoms with van der Waals surface area (Å²) in [5.74, 6) is 5.48. The highest BCUT2D eigenvalue weighted by Gasteiger charge is 2.12. The minimum absolute atomic E-state index is 0.0685. The smallest absolute Gasteiger partial charge is 0.408 e. The third kappa shape index (κ3) is 5.64. The van der Waals surface area contributed by atoms with Crippen molar-refractivity contribution in [2.45, 2.75) is 13.2 Å². The number of nitrogens with one attached hydrogen (secondary N) is 1. The number of benzene rings is 2. The number of carbonyl (C=O) groups excluding carboxylic acids is 1. The molecular weight excluding hydrogens is 324 g/mol. The van der Waals surface area contributed by atoms with Crippen molar-refractivity contribution in [3.05, 3.63) is 75.3 Å². The van der Waals surface area contributed by atoms with E-state index in [2.05, 4.69) is 17.2 Å². The first-order chi connectivity index (χ1) is 12.1. The van der Waals surface area contributed by atoms with Crippen LogP contribution in [0.3, 0.4) is 0 Å². The molecule has 0 fully saturated rings. The Morgan fingerprint density at radius 2 is 2.00 bits per heavy atom. The second kappa shape index (κ2) is 9.05. The van der Waals surface area contributed by atoms with Crippen molar-refractivity contribution in [3.8, 4) is 11.8 Å². The summed E-state index contributed by atoms with van der Waals surface area (Å²) in [4.78, 5) is 21.8. The van der Waals surface area contributed by atoms with Gasteiger partial charge in [0, 0.05) is 11.6 Å². The van der Waals surface area contributed by atoms with E-state index in [-0.39, 0.29) is 24.4 Å². The van der Waals surface area contributed by atoms with E-state index >= 15 is 0 Å². The molecule has 2 rings (SSSR count). The van der Waals surface area contributed by atoms with Gasteiger partial charge in [-0.1, -0.05) is 42.2 Å². The number of hydrogen-bond acceptors (Lipinski definition) is 5. The minimum Gasteiger partial charge on any atom is -0.445 e. The van der Waals surface area contributed by atoms with Crippen LogP contribution in [0.4, 0.5) is 10.5 Å². The predicted octanol–water partition coefficient (Wildman–Crippen LogP) is 2.37. The van der Waals surface area contributed by atoms with E-state index in [9.17, 15) is 14.9 Å². The molecule has 0 saturated heterocycles. The number of rotatable bonds is 5. The predicted molar refractivity (Wildman–Crippen MR) is 90.5 cm³/mol. The fraction of sp³-hybridized carbons (Fsp3) is 0.167. The normalized spacial score (nSPS) is 9.64. The largest absolute Gasteiger partial charge is 0.445 e. The Hall–Kier alpha value is -3.37. The van der Waals surface area contributed by atoms with Crippen molar-refractivity contribution in [3.63, 3.8) is 0 Å². The quantitative estimate of drug-likeness (QED) is 0.494. The number of carbonyl (C=O) groups is 1. The van der Waals surface area contributed by atoms with Gasteiger partial charge in [0.25, 0.3) is 5.69 Å². The second-order valence-electron chi connectivity index (χ2n) is 4.98. The number of nitro benzene ring substituents is 1. The lowest BCUT2D eigenvalue weighted by Gasteiger charge is -2.04. The molecule has 25 heavy (non-hydrogen) atoms. The number of nitrogens with zero attached hydrogens (tertiary/aromatic N) is 1. The number of hydrogen-bond donors (Lipinski definition) is 2. The molecule has 0 aliphatic carbocycles. The van der Waals surface area contributed by atoms with Gasteiger partial charge >= 0.3 is 6.09 Å². The zero-order chi connectivity index (χ0) is 18.1. The molecule has 0 aromatic heterocycles. The molecule has 2 aromatic carbocycles. The van der Waals surface area contributed by atoms with Gasteiger partial charge in [-0.15, -0.1) is 0 Å². The SMILES string of the molecule is O=C(NCC#Cc1ccc([N+](=O)[O-])c(CO)c1)OCc1ccccc1. The third-order valence-corrected chi connectivity index (χ3v) is 3.21. The summed E-state index contributed by atoms with van der Waals surface area (Å²) in [5.41, 5.74) is 1.42. The molecular formula is C18H16N2O5. The van der Waals surface area contributed by atoms with Crippen molar-refractivity contribution in [1.82, 2.24) is 5.32 Å². The molecule has 0 bridgehead atoms. The minimum atomic E-state index is -0.585. The molecule has 0 aliphatic rings. The van der Waals surface area contributed by atoms with Crippen LogP contribution in [0.25, 0.3) is 0 Å². The summed E-state index contributed by atoms with van der Waals surface area (Å²) < 4.78 is 5.03. The molecule has 0 heterocycles. The summed E-state index contributed by atoms with van der Waals surface area (Å²) in [7, 11) is 0. The van der Waals surface area contributed by atoms with Crippen molar-refractivity contribution >= 4 is 11.8 Å². The zero-order valence-electron chi connectivity index (χ0n) is 13.3. The maximum atomic E-state index is 11.5. The Bertz CT molecular complexity index is 809. The number of nitro groups is 1. The zero-order valence-corrected chi connectivity index (χ0v) is 13.3. The lowest BCUT2D eigenvalue weighted by atomic mass is 10.1. The summed E-state index contributed by atoms with van der Waals surface area (Å²) >= 11 is 0. The van der Waals surface area contributed by atoms with E-state index in [1.54, 1.807) is 0 Å². The molecule has 7 nitrogen and oxygen atoms in total. The van der Waals surface area contributed by atoms with Gasteiger partial charge in [0.1, 0.15) is 6.61 Å². The molecule has 0 aliphatic heterocycles. The van der Waals surface area contributed by atoms with E-state index in [1.807, 2.05) is 30.3 Å². The highest BCUT2D eigenvalue weighted by Crippen LogP contribution is 2.19. The molecule has 128 valence electrons. The number of amides is 1. The highest BCUT2D eigenvalue weighted by molar-refractivity contribution is 5.67. The van der Waals surface area contributed by atoms with Crippen LogP contribution in [-0.4, -0.2) is 22.7 Å². The maximum absolute atomic E-state index is 11.5. The Morgan fingerprint density at radius 1 is 1.24 bits per heavy atom. The fourth-order valence-corrected chi connectivity index (χ4v) is 2.00. The van der Waals surface area contributed by atoms with Gasteiger partial charge in [-0.2, -0.15) is 0 Å². The molecule has 0 unspecified atom stereocenters. The van der Waals surface area contributed by atoms with E-state index in [4.69, 9.17) is 9.84 Å². The Labute approximate surface area is 144 Å². The van der Waals surface area contributed by atoms with Crippen LogP contribution in [0.2, 0.25) is 0 Å². The first kappa shape index (κ1) is 18.0. The summed E-state index contributed by atoms with van der Waals surface area (Å²) in [5, 5.41) is 22.4. The molecule has 2 aromatic rings. The number of aliphatic hydroxyl groups is 1. The fourth-order valence-electron chi connectivity index (χ4n) is 2.00. The van der Waals surface area contributed by atoms with Crippen LogP contribution in [0.15, 0.2) is 48.5 Å². The Balaban J connectivity index is 1.84. The number of ether oxygens (including phenoxy) is 1. The maximum Gasteiger partial charge on any atom is 0.408 e. The van der Waals surface area contributed by atoms with Gasteiger partial charge in [0.05, 0.1) is 23.6 Å². The van der Waals surface area contributed by atoms with Crippen LogP contribution in [0, 0.1) is 22.0 Å². The average molecular weight is 340 g/mol. The van der Waals surface area contributed by atoms with E-state index < -0.39 is 17.6 Å². The molecule has 7 heteroatoms. The van der Waals surface area contributed by atoms with Crippen LogP contribution in [0.5, 0.6) is 0 Å². The lowest BCUT2D eigenvalue weighted by molar-refractivity contribution is -0.385. The second-order valence-corrected chi connectivity index (χ2v) is 4.98. The summed E-state index contributed by atoms with van der Waals surface area (Å²) in [6.07, 6.45) is -0.585. The van der Waals surface area contributed by atoms with E-state index in [1.165, 1.54) is 18.2 Å². The van der Waals surface area contributed by atoms with Crippen LogP contribution in [0.1, 0.15) is 16.7 Å². The van der Waals surface area contributed by atoms with Crippen molar-refractivity contribution in [2.24, 2.45) is 0 Å².